The number of rotatable bonds is 8. The van der Waals surface area contributed by atoms with Crippen LogP contribution in [-0.2, 0) is 6.42 Å². The zero-order valence-corrected chi connectivity index (χ0v) is 15.0. The predicted octanol–water partition coefficient (Wildman–Crippen LogP) is 4.32. The van der Waals surface area contributed by atoms with E-state index in [1.807, 2.05) is 38.1 Å². The summed E-state index contributed by atoms with van der Waals surface area (Å²) in [7, 11) is 0. The van der Waals surface area contributed by atoms with Crippen molar-refractivity contribution in [3.05, 3.63) is 70.8 Å². The van der Waals surface area contributed by atoms with Crippen LogP contribution in [0.25, 0.3) is 12.2 Å². The molecule has 3 nitrogen and oxygen atoms in total. The van der Waals surface area contributed by atoms with Gasteiger partial charge in [0.25, 0.3) is 0 Å². The standard InChI is InChI=1S/C22H28O3/c1-22(2,25)14-4-3-7-17-8-5-9-18(15-17)12-13-19-10-6-11-20(16-19)21(23)24/h5-6,8-13,15-16,21,23-25H,3-4,7,14H2,1-2H3. The molecule has 3 heteroatoms. The minimum Gasteiger partial charge on any atom is -0.390 e. The Bertz CT molecular complexity index is 696. The molecule has 0 bridgehead atoms. The summed E-state index contributed by atoms with van der Waals surface area (Å²) < 4.78 is 0. The van der Waals surface area contributed by atoms with Crippen LogP contribution in [0.2, 0.25) is 0 Å². The molecule has 0 unspecified atom stereocenters. The third-order valence-corrected chi connectivity index (χ3v) is 4.13. The molecule has 0 fully saturated rings. The molecule has 0 aliphatic carbocycles. The Morgan fingerprint density at radius 3 is 2.20 bits per heavy atom. The van der Waals surface area contributed by atoms with E-state index in [4.69, 9.17) is 0 Å². The van der Waals surface area contributed by atoms with E-state index < -0.39 is 11.9 Å². The van der Waals surface area contributed by atoms with E-state index in [9.17, 15) is 15.3 Å². The molecular formula is C22H28O3. The van der Waals surface area contributed by atoms with Gasteiger partial charge in [-0.15, -0.1) is 0 Å². The number of unbranched alkanes of at least 4 members (excludes halogenated alkanes) is 1. The number of benzene rings is 2. The van der Waals surface area contributed by atoms with Crippen molar-refractivity contribution in [3.63, 3.8) is 0 Å². The third kappa shape index (κ3) is 7.22. The minimum atomic E-state index is -1.44. The Balaban J connectivity index is 1.95. The molecule has 0 spiro atoms. The second-order valence-corrected chi connectivity index (χ2v) is 7.14. The highest BCUT2D eigenvalue weighted by Gasteiger charge is 2.11. The van der Waals surface area contributed by atoms with E-state index in [-0.39, 0.29) is 0 Å². The zero-order chi connectivity index (χ0) is 18.3. The summed E-state index contributed by atoms with van der Waals surface area (Å²) in [6.07, 6.45) is 6.46. The molecule has 0 saturated carbocycles. The number of hydrogen-bond acceptors (Lipinski definition) is 3. The molecule has 2 rings (SSSR count). The van der Waals surface area contributed by atoms with E-state index in [1.54, 1.807) is 12.1 Å². The molecular weight excluding hydrogens is 312 g/mol. The molecule has 0 aromatic heterocycles. The summed E-state index contributed by atoms with van der Waals surface area (Å²) in [5, 5.41) is 28.2. The van der Waals surface area contributed by atoms with Gasteiger partial charge >= 0.3 is 0 Å². The lowest BCUT2D eigenvalue weighted by atomic mass is 9.98. The Morgan fingerprint density at radius 2 is 1.56 bits per heavy atom. The van der Waals surface area contributed by atoms with Gasteiger partial charge in [-0.25, -0.2) is 0 Å². The quantitative estimate of drug-likeness (QED) is 0.381. The molecule has 0 amide bonds. The Morgan fingerprint density at radius 1 is 0.920 bits per heavy atom. The molecule has 25 heavy (non-hydrogen) atoms. The normalized spacial score (nSPS) is 12.2. The minimum absolute atomic E-state index is 0.489. The van der Waals surface area contributed by atoms with E-state index in [0.717, 1.165) is 36.8 Å². The first kappa shape index (κ1) is 19.4. The molecule has 2 aromatic carbocycles. The molecule has 0 saturated heterocycles. The summed E-state index contributed by atoms with van der Waals surface area (Å²) in [6.45, 7) is 3.70. The third-order valence-electron chi connectivity index (χ3n) is 4.13. The number of hydrogen-bond donors (Lipinski definition) is 3. The van der Waals surface area contributed by atoms with Gasteiger partial charge in [0.1, 0.15) is 0 Å². The van der Waals surface area contributed by atoms with Crippen LogP contribution in [0, 0.1) is 0 Å². The highest BCUT2D eigenvalue weighted by atomic mass is 16.5. The summed E-state index contributed by atoms with van der Waals surface area (Å²) in [4.78, 5) is 0. The van der Waals surface area contributed by atoms with E-state index in [0.29, 0.717) is 5.56 Å². The van der Waals surface area contributed by atoms with Crippen molar-refractivity contribution in [3.8, 4) is 0 Å². The van der Waals surface area contributed by atoms with Crippen LogP contribution in [0.4, 0.5) is 0 Å². The second-order valence-electron chi connectivity index (χ2n) is 7.14. The fourth-order valence-electron chi connectivity index (χ4n) is 2.75. The maximum atomic E-state index is 9.75. The van der Waals surface area contributed by atoms with Crippen molar-refractivity contribution in [2.75, 3.05) is 0 Å². The zero-order valence-electron chi connectivity index (χ0n) is 15.0. The van der Waals surface area contributed by atoms with Gasteiger partial charge < -0.3 is 15.3 Å². The fraction of sp³-hybridized carbons (Fsp3) is 0.364. The van der Waals surface area contributed by atoms with Crippen molar-refractivity contribution in [1.82, 2.24) is 0 Å². The number of aryl methyl sites for hydroxylation is 1. The maximum absolute atomic E-state index is 9.75. The van der Waals surface area contributed by atoms with Gasteiger partial charge in [0, 0.05) is 5.56 Å². The summed E-state index contributed by atoms with van der Waals surface area (Å²) in [5.74, 6) is 0. The van der Waals surface area contributed by atoms with Crippen molar-refractivity contribution in [1.29, 1.82) is 0 Å². The van der Waals surface area contributed by atoms with Crippen LogP contribution in [0.1, 0.15) is 61.7 Å². The Hall–Kier alpha value is -1.94. The van der Waals surface area contributed by atoms with Gasteiger partial charge in [0.2, 0.25) is 0 Å². The second kappa shape index (κ2) is 8.95. The van der Waals surface area contributed by atoms with E-state index >= 15 is 0 Å². The van der Waals surface area contributed by atoms with Gasteiger partial charge in [0.05, 0.1) is 5.60 Å². The smallest absolute Gasteiger partial charge is 0.178 e. The van der Waals surface area contributed by atoms with Crippen molar-refractivity contribution in [2.24, 2.45) is 0 Å². The lowest BCUT2D eigenvalue weighted by Crippen LogP contribution is -2.17. The predicted molar refractivity (Wildman–Crippen MR) is 103 cm³/mol. The van der Waals surface area contributed by atoms with E-state index in [1.165, 1.54) is 5.56 Å². The van der Waals surface area contributed by atoms with Gasteiger partial charge in [-0.05, 0) is 55.9 Å². The van der Waals surface area contributed by atoms with Crippen LogP contribution in [0.5, 0.6) is 0 Å². The van der Waals surface area contributed by atoms with Crippen LogP contribution in [0.3, 0.4) is 0 Å². The van der Waals surface area contributed by atoms with Gasteiger partial charge in [-0.1, -0.05) is 61.0 Å². The first-order valence-electron chi connectivity index (χ1n) is 8.79. The average molecular weight is 340 g/mol. The monoisotopic (exact) mass is 340 g/mol. The number of aliphatic hydroxyl groups is 3. The summed E-state index contributed by atoms with van der Waals surface area (Å²) in [5.41, 5.74) is 3.25. The lowest BCUT2D eigenvalue weighted by molar-refractivity contribution is -0.0425. The van der Waals surface area contributed by atoms with Gasteiger partial charge in [-0.3, -0.25) is 0 Å². The van der Waals surface area contributed by atoms with Gasteiger partial charge in [0.15, 0.2) is 6.29 Å². The highest BCUT2D eigenvalue weighted by molar-refractivity contribution is 5.70. The van der Waals surface area contributed by atoms with Gasteiger partial charge in [-0.2, -0.15) is 0 Å². The maximum Gasteiger partial charge on any atom is 0.178 e. The Labute approximate surface area is 150 Å². The molecule has 134 valence electrons. The molecule has 0 aliphatic rings. The molecule has 0 heterocycles. The molecule has 0 radical (unpaired) electrons. The first-order chi connectivity index (χ1) is 11.8. The topological polar surface area (TPSA) is 60.7 Å². The average Bonchev–Trinajstić information content (AvgIpc) is 2.57. The lowest BCUT2D eigenvalue weighted by Gasteiger charge is -2.16. The summed E-state index contributed by atoms with van der Waals surface area (Å²) in [6, 6.07) is 15.6. The molecule has 3 N–H and O–H groups in total. The van der Waals surface area contributed by atoms with Crippen molar-refractivity contribution < 1.29 is 15.3 Å². The largest absolute Gasteiger partial charge is 0.390 e. The van der Waals surface area contributed by atoms with Crippen LogP contribution >= 0.6 is 0 Å². The SMILES string of the molecule is CC(C)(O)CCCCc1cccc(C=Cc2cccc(C(O)O)c2)c1. The van der Waals surface area contributed by atoms with Crippen LogP contribution in [-0.4, -0.2) is 20.9 Å². The van der Waals surface area contributed by atoms with Crippen LogP contribution < -0.4 is 0 Å². The molecule has 0 atom stereocenters. The first-order valence-corrected chi connectivity index (χ1v) is 8.79. The Kier molecular flexibility index (Phi) is 6.94. The molecule has 2 aromatic rings. The van der Waals surface area contributed by atoms with Crippen molar-refractivity contribution in [2.45, 2.75) is 51.4 Å². The summed E-state index contributed by atoms with van der Waals surface area (Å²) >= 11 is 0. The number of aliphatic hydroxyl groups excluding tert-OH is 1. The fourth-order valence-corrected chi connectivity index (χ4v) is 2.75. The van der Waals surface area contributed by atoms with E-state index in [2.05, 4.69) is 24.3 Å². The van der Waals surface area contributed by atoms with Crippen molar-refractivity contribution >= 4 is 12.2 Å². The van der Waals surface area contributed by atoms with Crippen LogP contribution in [0.15, 0.2) is 48.5 Å². The highest BCUT2D eigenvalue weighted by Crippen LogP contribution is 2.17. The molecule has 0 aliphatic heterocycles.